The van der Waals surface area contributed by atoms with Gasteiger partial charge in [0.05, 0.1) is 0 Å². The molecule has 0 heterocycles. The van der Waals surface area contributed by atoms with Crippen LogP contribution in [0.4, 0.5) is 0 Å². The van der Waals surface area contributed by atoms with Crippen LogP contribution >= 0.6 is 0 Å². The fraction of sp³-hybridized carbons (Fsp3) is 0.385. The van der Waals surface area contributed by atoms with E-state index in [1.54, 1.807) is 0 Å². The molecule has 0 amide bonds. The van der Waals surface area contributed by atoms with Gasteiger partial charge in [-0.15, -0.1) is 0 Å². The Hall–Kier alpha value is -2.32. The zero-order chi connectivity index (χ0) is 20.5. The summed E-state index contributed by atoms with van der Waals surface area (Å²) in [4.78, 5) is 0. The largest absolute Gasteiger partial charge is 0.508 e. The van der Waals surface area contributed by atoms with Crippen molar-refractivity contribution in [3.8, 4) is 5.75 Å². The van der Waals surface area contributed by atoms with Crippen LogP contribution in [0.5, 0.6) is 5.75 Å². The summed E-state index contributed by atoms with van der Waals surface area (Å²) < 4.78 is 0. The molecule has 3 aromatic carbocycles. The minimum atomic E-state index is -0.0325. The molecule has 0 spiro atoms. The van der Waals surface area contributed by atoms with E-state index >= 15 is 0 Å². The van der Waals surface area contributed by atoms with Crippen molar-refractivity contribution < 1.29 is 5.11 Å². The topological polar surface area (TPSA) is 32.3 Å². The number of benzene rings is 3. The average molecular weight is 376 g/mol. The van der Waals surface area contributed by atoms with Gasteiger partial charge in [-0.05, 0) is 44.4 Å². The Morgan fingerprint density at radius 2 is 1.46 bits per heavy atom. The van der Waals surface area contributed by atoms with Gasteiger partial charge in [0.2, 0.25) is 0 Å². The molecule has 0 aliphatic heterocycles. The van der Waals surface area contributed by atoms with Gasteiger partial charge in [-0.3, -0.25) is 0 Å². The summed E-state index contributed by atoms with van der Waals surface area (Å²) in [5.74, 6) is 0.391. The molecule has 3 rings (SSSR count). The Balaban J connectivity index is 1.88. The van der Waals surface area contributed by atoms with E-state index in [1.165, 1.54) is 27.5 Å². The van der Waals surface area contributed by atoms with Crippen LogP contribution in [0.15, 0.2) is 54.6 Å². The van der Waals surface area contributed by atoms with E-state index in [0.717, 1.165) is 12.1 Å². The van der Waals surface area contributed by atoms with Crippen molar-refractivity contribution in [1.29, 1.82) is 0 Å². The lowest BCUT2D eigenvalue weighted by atomic mass is 9.78. The van der Waals surface area contributed by atoms with Gasteiger partial charge >= 0.3 is 0 Å². The lowest BCUT2D eigenvalue weighted by molar-refractivity contribution is 0.452. The van der Waals surface area contributed by atoms with Crippen LogP contribution in [0, 0.1) is 0 Å². The lowest BCUT2D eigenvalue weighted by Gasteiger charge is -2.28. The molecule has 0 aromatic heterocycles. The first-order chi connectivity index (χ1) is 13.1. The molecule has 2 nitrogen and oxygen atoms in total. The minimum absolute atomic E-state index is 0.00634. The van der Waals surface area contributed by atoms with Crippen molar-refractivity contribution in [3.05, 3.63) is 76.9 Å². The molecule has 28 heavy (non-hydrogen) atoms. The normalized spacial score (nSPS) is 12.5. The number of fused-ring (bicyclic) bond motifs is 1. The molecule has 0 fully saturated rings. The second-order valence-electron chi connectivity index (χ2n) is 9.76. The number of hydrogen-bond donors (Lipinski definition) is 2. The fourth-order valence-corrected chi connectivity index (χ4v) is 3.71. The molecular formula is C26H33NO. The van der Waals surface area contributed by atoms with Crippen molar-refractivity contribution in [3.63, 3.8) is 0 Å². The van der Waals surface area contributed by atoms with Crippen LogP contribution in [0.2, 0.25) is 0 Å². The number of aromatic hydroxyl groups is 1. The number of phenolic OH excluding ortho intramolecular Hbond substituents is 1. The molecule has 148 valence electrons. The van der Waals surface area contributed by atoms with Gasteiger partial charge in [-0.2, -0.15) is 0 Å². The highest BCUT2D eigenvalue weighted by molar-refractivity contribution is 5.85. The molecule has 0 saturated carbocycles. The Morgan fingerprint density at radius 3 is 2.14 bits per heavy atom. The number of rotatable bonds is 4. The van der Waals surface area contributed by atoms with Crippen molar-refractivity contribution in [2.45, 2.75) is 65.5 Å². The van der Waals surface area contributed by atoms with Crippen LogP contribution in [-0.2, 0) is 23.9 Å². The highest BCUT2D eigenvalue weighted by Gasteiger charge is 2.24. The van der Waals surface area contributed by atoms with E-state index in [-0.39, 0.29) is 10.8 Å². The zero-order valence-electron chi connectivity index (χ0n) is 18.1. The first-order valence-electron chi connectivity index (χ1n) is 10.1. The monoisotopic (exact) mass is 375 g/mol. The van der Waals surface area contributed by atoms with Crippen molar-refractivity contribution in [2.75, 3.05) is 0 Å². The van der Waals surface area contributed by atoms with Gasteiger partial charge in [0, 0.05) is 18.7 Å². The third-order valence-electron chi connectivity index (χ3n) is 5.40. The van der Waals surface area contributed by atoms with E-state index < -0.39 is 0 Å². The summed E-state index contributed by atoms with van der Waals surface area (Å²) in [7, 11) is 0. The summed E-state index contributed by atoms with van der Waals surface area (Å²) >= 11 is 0. The summed E-state index contributed by atoms with van der Waals surface area (Å²) in [6.45, 7) is 14.6. The Labute approximate surface area is 169 Å². The van der Waals surface area contributed by atoms with E-state index in [2.05, 4.69) is 95.4 Å². The second-order valence-corrected chi connectivity index (χ2v) is 9.76. The number of phenols is 1. The highest BCUT2D eigenvalue weighted by atomic mass is 16.3. The molecule has 3 aromatic rings. The molecule has 0 atom stereocenters. The van der Waals surface area contributed by atoms with Crippen molar-refractivity contribution >= 4 is 10.8 Å². The highest BCUT2D eigenvalue weighted by Crippen LogP contribution is 2.36. The molecule has 2 N–H and O–H groups in total. The minimum Gasteiger partial charge on any atom is -0.508 e. The van der Waals surface area contributed by atoms with Crippen molar-refractivity contribution in [1.82, 2.24) is 5.32 Å². The van der Waals surface area contributed by atoms with Crippen LogP contribution in [0.1, 0.15) is 63.8 Å². The smallest absolute Gasteiger partial charge is 0.120 e. The predicted molar refractivity (Wildman–Crippen MR) is 120 cm³/mol. The Kier molecular flexibility index (Phi) is 5.54. The molecule has 0 radical (unpaired) electrons. The van der Waals surface area contributed by atoms with E-state index in [1.807, 2.05) is 6.07 Å². The third kappa shape index (κ3) is 4.39. The Morgan fingerprint density at radius 1 is 0.786 bits per heavy atom. The summed E-state index contributed by atoms with van der Waals surface area (Å²) in [5.41, 5.74) is 4.64. The standard InChI is InChI=1S/C26H33NO/c1-25(2,3)20-14-23(26(4,5)6)22(24(28)15-20)17-27-16-19-12-9-11-18-10-7-8-13-21(18)19/h7-15,27-28H,16-17H2,1-6H3. The predicted octanol–water partition coefficient (Wildman–Crippen LogP) is 6.43. The second kappa shape index (κ2) is 7.60. The average Bonchev–Trinajstić information content (AvgIpc) is 2.61. The van der Waals surface area contributed by atoms with E-state index in [9.17, 15) is 5.11 Å². The van der Waals surface area contributed by atoms with Gasteiger partial charge < -0.3 is 10.4 Å². The Bertz CT molecular complexity index is 969. The van der Waals surface area contributed by atoms with Crippen LogP contribution in [-0.4, -0.2) is 5.11 Å². The molecule has 2 heteroatoms. The lowest BCUT2D eigenvalue weighted by Crippen LogP contribution is -2.22. The summed E-state index contributed by atoms with van der Waals surface area (Å²) in [5, 5.41) is 16.9. The molecule has 0 aliphatic rings. The van der Waals surface area contributed by atoms with E-state index in [0.29, 0.717) is 12.3 Å². The fourth-order valence-electron chi connectivity index (χ4n) is 3.71. The van der Waals surface area contributed by atoms with E-state index in [4.69, 9.17) is 0 Å². The molecule has 0 aliphatic carbocycles. The SMILES string of the molecule is CC(C)(C)c1cc(O)c(CNCc2cccc3ccccc23)c(C(C)(C)C)c1. The third-order valence-corrected chi connectivity index (χ3v) is 5.40. The zero-order valence-corrected chi connectivity index (χ0v) is 18.1. The van der Waals surface area contributed by atoms with Gasteiger partial charge in [-0.1, -0.05) is 90.1 Å². The summed E-state index contributed by atoms with van der Waals surface area (Å²) in [6.07, 6.45) is 0. The molecule has 0 unspecified atom stereocenters. The quantitative estimate of drug-likeness (QED) is 0.551. The van der Waals surface area contributed by atoms with Gasteiger partial charge in [-0.25, -0.2) is 0 Å². The number of hydrogen-bond acceptors (Lipinski definition) is 2. The maximum atomic E-state index is 10.8. The van der Waals surface area contributed by atoms with Gasteiger partial charge in [0.25, 0.3) is 0 Å². The van der Waals surface area contributed by atoms with Gasteiger partial charge in [0.1, 0.15) is 5.75 Å². The summed E-state index contributed by atoms with van der Waals surface area (Å²) in [6, 6.07) is 19.1. The molecule has 0 saturated heterocycles. The molecular weight excluding hydrogens is 342 g/mol. The van der Waals surface area contributed by atoms with Crippen LogP contribution in [0.25, 0.3) is 10.8 Å². The van der Waals surface area contributed by atoms with Crippen molar-refractivity contribution in [2.24, 2.45) is 0 Å². The molecule has 0 bridgehead atoms. The first-order valence-corrected chi connectivity index (χ1v) is 10.1. The first kappa shape index (κ1) is 20.4. The van der Waals surface area contributed by atoms with Gasteiger partial charge in [0.15, 0.2) is 0 Å². The number of nitrogens with one attached hydrogen (secondary N) is 1. The van der Waals surface area contributed by atoms with Crippen LogP contribution in [0.3, 0.4) is 0 Å². The maximum Gasteiger partial charge on any atom is 0.120 e. The van der Waals surface area contributed by atoms with Crippen LogP contribution < -0.4 is 5.32 Å². The maximum absolute atomic E-state index is 10.8.